The first kappa shape index (κ1) is 18.7. The number of nitrogens with zero attached hydrogens (tertiary/aromatic N) is 2. The van der Waals surface area contributed by atoms with Crippen LogP contribution in [-0.4, -0.2) is 34.7 Å². The molecule has 1 atom stereocenters. The van der Waals surface area contributed by atoms with Gasteiger partial charge in [-0.2, -0.15) is 5.10 Å². The quantitative estimate of drug-likeness (QED) is 0.709. The lowest BCUT2D eigenvalue weighted by molar-refractivity contribution is -0.121. The van der Waals surface area contributed by atoms with Crippen LogP contribution < -0.4 is 16.0 Å². The van der Waals surface area contributed by atoms with Crippen LogP contribution in [0.3, 0.4) is 0 Å². The molecule has 0 aliphatic heterocycles. The Morgan fingerprint density at radius 1 is 1.20 bits per heavy atom. The van der Waals surface area contributed by atoms with Gasteiger partial charge >= 0.3 is 0 Å². The largest absolute Gasteiger partial charge is 0.354 e. The van der Waals surface area contributed by atoms with Gasteiger partial charge in [0.25, 0.3) is 0 Å². The van der Waals surface area contributed by atoms with Crippen molar-refractivity contribution in [2.75, 3.05) is 12.4 Å². The smallest absolute Gasteiger partial charge is 0.246 e. The molecule has 2 amide bonds. The normalized spacial score (nSPS) is 12.0. The van der Waals surface area contributed by atoms with Crippen LogP contribution in [0.2, 0.25) is 0 Å². The monoisotopic (exact) mass is 343 g/mol. The Balaban J connectivity index is 1.98. The van der Waals surface area contributed by atoms with E-state index in [0.717, 1.165) is 11.1 Å². The number of amides is 2. The van der Waals surface area contributed by atoms with Crippen molar-refractivity contribution in [3.63, 3.8) is 0 Å². The average molecular weight is 343 g/mol. The van der Waals surface area contributed by atoms with Gasteiger partial charge in [-0.25, -0.2) is 0 Å². The Bertz CT molecular complexity index is 721. The second kappa shape index (κ2) is 8.43. The molecule has 25 heavy (non-hydrogen) atoms. The maximum absolute atomic E-state index is 12.5. The van der Waals surface area contributed by atoms with Gasteiger partial charge in [-0.15, -0.1) is 0 Å². The van der Waals surface area contributed by atoms with Gasteiger partial charge in [0.05, 0.1) is 12.6 Å². The van der Waals surface area contributed by atoms with E-state index in [1.165, 1.54) is 0 Å². The van der Waals surface area contributed by atoms with Gasteiger partial charge in [-0.3, -0.25) is 14.3 Å². The predicted molar refractivity (Wildman–Crippen MR) is 97.1 cm³/mol. The number of aryl methyl sites for hydroxylation is 1. The van der Waals surface area contributed by atoms with Gasteiger partial charge in [0.2, 0.25) is 11.8 Å². The fourth-order valence-corrected chi connectivity index (χ4v) is 2.52. The van der Waals surface area contributed by atoms with Crippen LogP contribution >= 0.6 is 0 Å². The summed E-state index contributed by atoms with van der Waals surface area (Å²) in [5.74, 6) is -0.181. The van der Waals surface area contributed by atoms with Gasteiger partial charge in [0.15, 0.2) is 0 Å². The number of nitrogens with one attached hydrogen (secondary N) is 3. The van der Waals surface area contributed by atoms with Gasteiger partial charge in [-0.1, -0.05) is 12.1 Å². The molecule has 0 bridgehead atoms. The molecule has 134 valence electrons. The molecule has 1 aromatic carbocycles. The van der Waals surface area contributed by atoms with E-state index in [-0.39, 0.29) is 17.9 Å². The van der Waals surface area contributed by atoms with Crippen LogP contribution in [0.5, 0.6) is 0 Å². The van der Waals surface area contributed by atoms with Crippen molar-refractivity contribution in [2.45, 2.75) is 32.4 Å². The van der Waals surface area contributed by atoms with Gasteiger partial charge in [0, 0.05) is 30.5 Å². The first-order valence-electron chi connectivity index (χ1n) is 8.24. The summed E-state index contributed by atoms with van der Waals surface area (Å²) in [6.45, 7) is 3.86. The van der Waals surface area contributed by atoms with E-state index in [1.807, 2.05) is 33.0 Å². The topological polar surface area (TPSA) is 88.1 Å². The third-order valence-corrected chi connectivity index (χ3v) is 3.64. The van der Waals surface area contributed by atoms with Crippen LogP contribution in [0.4, 0.5) is 5.69 Å². The SMILES string of the molecule is CNC(C(=O)Nc1ccc(CC(=O)NC(C)C)cc1)c1cnn(C)c1. The highest BCUT2D eigenvalue weighted by Crippen LogP contribution is 2.16. The van der Waals surface area contributed by atoms with Crippen LogP contribution in [-0.2, 0) is 23.1 Å². The minimum absolute atomic E-state index is 0.0152. The zero-order valence-corrected chi connectivity index (χ0v) is 15.0. The van der Waals surface area contributed by atoms with Crippen molar-refractivity contribution in [3.05, 3.63) is 47.8 Å². The average Bonchev–Trinajstić information content (AvgIpc) is 2.95. The van der Waals surface area contributed by atoms with E-state index in [9.17, 15) is 9.59 Å². The summed E-state index contributed by atoms with van der Waals surface area (Å²) in [6.07, 6.45) is 3.79. The van der Waals surface area contributed by atoms with Crippen LogP contribution in [0, 0.1) is 0 Å². The highest BCUT2D eigenvalue weighted by atomic mass is 16.2. The first-order valence-corrected chi connectivity index (χ1v) is 8.24. The molecule has 1 unspecified atom stereocenters. The highest BCUT2D eigenvalue weighted by Gasteiger charge is 2.20. The number of likely N-dealkylation sites (N-methyl/N-ethyl adjacent to an activating group) is 1. The molecular weight excluding hydrogens is 318 g/mol. The van der Waals surface area contributed by atoms with Crippen LogP contribution in [0.15, 0.2) is 36.7 Å². The highest BCUT2D eigenvalue weighted by molar-refractivity contribution is 5.95. The summed E-state index contributed by atoms with van der Waals surface area (Å²) < 4.78 is 1.66. The van der Waals surface area contributed by atoms with Gasteiger partial charge < -0.3 is 16.0 Å². The van der Waals surface area contributed by atoms with Gasteiger partial charge in [-0.05, 0) is 38.6 Å². The molecule has 0 saturated carbocycles. The molecule has 7 heteroatoms. The number of carbonyl (C=O) groups excluding carboxylic acids is 2. The maximum Gasteiger partial charge on any atom is 0.246 e. The summed E-state index contributed by atoms with van der Waals surface area (Å²) >= 11 is 0. The van der Waals surface area contributed by atoms with E-state index in [1.54, 1.807) is 36.3 Å². The number of hydrogen-bond donors (Lipinski definition) is 3. The predicted octanol–water partition coefficient (Wildman–Crippen LogP) is 1.39. The zero-order chi connectivity index (χ0) is 18.4. The van der Waals surface area contributed by atoms with Crippen LogP contribution in [0.25, 0.3) is 0 Å². The van der Waals surface area contributed by atoms with Crippen molar-refractivity contribution in [3.8, 4) is 0 Å². The molecule has 0 aliphatic rings. The van der Waals surface area contributed by atoms with E-state index >= 15 is 0 Å². The molecule has 0 aliphatic carbocycles. The Hall–Kier alpha value is -2.67. The molecule has 0 radical (unpaired) electrons. The molecule has 2 rings (SSSR count). The van der Waals surface area contributed by atoms with Crippen LogP contribution in [0.1, 0.15) is 31.0 Å². The number of hydrogen-bond acceptors (Lipinski definition) is 4. The summed E-state index contributed by atoms with van der Waals surface area (Å²) in [4.78, 5) is 24.2. The summed E-state index contributed by atoms with van der Waals surface area (Å²) in [5.41, 5.74) is 2.38. The summed E-state index contributed by atoms with van der Waals surface area (Å²) in [5, 5.41) is 12.8. The molecule has 2 aromatic rings. The minimum Gasteiger partial charge on any atom is -0.354 e. The number of aromatic nitrogens is 2. The van der Waals surface area contributed by atoms with Crippen molar-refractivity contribution >= 4 is 17.5 Å². The van der Waals surface area contributed by atoms with Crippen molar-refractivity contribution in [1.82, 2.24) is 20.4 Å². The second-order valence-corrected chi connectivity index (χ2v) is 6.25. The second-order valence-electron chi connectivity index (χ2n) is 6.25. The van der Waals surface area contributed by atoms with E-state index in [2.05, 4.69) is 21.0 Å². The molecule has 3 N–H and O–H groups in total. The maximum atomic E-state index is 12.5. The molecular formula is C18H25N5O2. The van der Waals surface area contributed by atoms with Gasteiger partial charge in [0.1, 0.15) is 6.04 Å². The molecule has 1 aromatic heterocycles. The summed E-state index contributed by atoms with van der Waals surface area (Å²) in [7, 11) is 3.54. The number of rotatable bonds is 7. The zero-order valence-electron chi connectivity index (χ0n) is 15.0. The molecule has 1 heterocycles. The van der Waals surface area contributed by atoms with Crippen molar-refractivity contribution < 1.29 is 9.59 Å². The Labute approximate surface area is 147 Å². The lowest BCUT2D eigenvalue weighted by atomic mass is 10.1. The number of carbonyl (C=O) groups is 2. The van der Waals surface area contributed by atoms with E-state index < -0.39 is 6.04 Å². The standard InChI is InChI=1S/C18H25N5O2/c1-12(2)21-16(24)9-13-5-7-15(8-6-13)22-18(25)17(19-3)14-10-20-23(4)11-14/h5-8,10-12,17,19H,9H2,1-4H3,(H,21,24)(H,22,25). The molecule has 0 saturated heterocycles. The molecule has 0 spiro atoms. The lowest BCUT2D eigenvalue weighted by Crippen LogP contribution is -2.31. The third kappa shape index (κ3) is 5.42. The Kier molecular flexibility index (Phi) is 6.30. The van der Waals surface area contributed by atoms with Crippen molar-refractivity contribution in [1.29, 1.82) is 0 Å². The fourth-order valence-electron chi connectivity index (χ4n) is 2.52. The van der Waals surface area contributed by atoms with E-state index in [0.29, 0.717) is 12.1 Å². The fraction of sp³-hybridized carbons (Fsp3) is 0.389. The lowest BCUT2D eigenvalue weighted by Gasteiger charge is -2.15. The molecule has 0 fully saturated rings. The Morgan fingerprint density at radius 2 is 1.88 bits per heavy atom. The number of anilines is 1. The third-order valence-electron chi connectivity index (χ3n) is 3.64. The number of benzene rings is 1. The Morgan fingerprint density at radius 3 is 2.40 bits per heavy atom. The first-order chi connectivity index (χ1) is 11.9. The molecule has 7 nitrogen and oxygen atoms in total. The minimum atomic E-state index is -0.481. The summed E-state index contributed by atoms with van der Waals surface area (Å²) in [6, 6.07) is 6.92. The van der Waals surface area contributed by atoms with E-state index in [4.69, 9.17) is 0 Å². The van der Waals surface area contributed by atoms with Crippen molar-refractivity contribution in [2.24, 2.45) is 7.05 Å².